The van der Waals surface area contributed by atoms with E-state index in [1.54, 1.807) is 0 Å². The number of hydrogen-bond acceptors (Lipinski definition) is 4. The molecule has 0 saturated carbocycles. The molecule has 2 aliphatic rings. The highest BCUT2D eigenvalue weighted by Crippen LogP contribution is 2.26. The molecule has 2 unspecified atom stereocenters. The van der Waals surface area contributed by atoms with Gasteiger partial charge in [0.2, 0.25) is 0 Å². The molecule has 2 N–H and O–H groups in total. The van der Waals surface area contributed by atoms with Gasteiger partial charge in [0.15, 0.2) is 5.65 Å². The van der Waals surface area contributed by atoms with Gasteiger partial charge in [-0.1, -0.05) is 6.42 Å². The lowest BCUT2D eigenvalue weighted by molar-refractivity contribution is 0.353. The minimum absolute atomic E-state index is 0.520. The quantitative estimate of drug-likeness (QED) is 0.911. The van der Waals surface area contributed by atoms with Crippen LogP contribution in [0.15, 0.2) is 18.3 Å². The molecule has 0 amide bonds. The van der Waals surface area contributed by atoms with Gasteiger partial charge in [0.25, 0.3) is 0 Å². The van der Waals surface area contributed by atoms with Gasteiger partial charge < -0.3 is 15.2 Å². The summed E-state index contributed by atoms with van der Waals surface area (Å²) in [7, 11) is 0. The third-order valence-electron chi connectivity index (χ3n) is 5.01. The number of pyridine rings is 1. The van der Waals surface area contributed by atoms with Crippen molar-refractivity contribution in [2.45, 2.75) is 50.6 Å². The van der Waals surface area contributed by atoms with Gasteiger partial charge in [-0.25, -0.2) is 9.97 Å². The number of nitrogens with zero attached hydrogens (tertiary/aromatic N) is 3. The second-order valence-electron chi connectivity index (χ2n) is 6.62. The molecule has 2 aromatic heterocycles. The first-order valence-electron chi connectivity index (χ1n) is 8.67. The molecule has 2 aromatic rings. The van der Waals surface area contributed by atoms with Crippen molar-refractivity contribution in [3.63, 3.8) is 0 Å². The molecule has 2 fully saturated rings. The van der Waals surface area contributed by atoms with Gasteiger partial charge in [0.05, 0.1) is 0 Å². The minimum Gasteiger partial charge on any atom is -0.316 e. The van der Waals surface area contributed by atoms with E-state index in [4.69, 9.17) is 4.98 Å². The largest absolute Gasteiger partial charge is 0.316 e. The van der Waals surface area contributed by atoms with Gasteiger partial charge >= 0.3 is 0 Å². The molecule has 0 spiro atoms. The van der Waals surface area contributed by atoms with Crippen LogP contribution in [0.5, 0.6) is 0 Å². The zero-order valence-corrected chi connectivity index (χ0v) is 13.1. The second kappa shape index (κ2) is 6.34. The molecule has 22 heavy (non-hydrogen) atoms. The average Bonchev–Trinajstić information content (AvgIpc) is 2.95. The Balaban J connectivity index is 1.69. The summed E-state index contributed by atoms with van der Waals surface area (Å²) in [4.78, 5) is 9.55. The summed E-state index contributed by atoms with van der Waals surface area (Å²) < 4.78 is 2.38. The third-order valence-corrected chi connectivity index (χ3v) is 5.01. The van der Waals surface area contributed by atoms with E-state index in [0.717, 1.165) is 37.3 Å². The van der Waals surface area contributed by atoms with Crippen LogP contribution in [0, 0.1) is 0 Å². The lowest BCUT2D eigenvalue weighted by atomic mass is 9.98. The van der Waals surface area contributed by atoms with E-state index >= 15 is 0 Å². The Morgan fingerprint density at radius 3 is 3.00 bits per heavy atom. The summed E-state index contributed by atoms with van der Waals surface area (Å²) in [5, 5.41) is 7.18. The van der Waals surface area contributed by atoms with Crippen LogP contribution in [0.2, 0.25) is 0 Å². The normalized spacial score (nSPS) is 26.4. The van der Waals surface area contributed by atoms with Gasteiger partial charge in [-0.05, 0) is 50.9 Å². The van der Waals surface area contributed by atoms with E-state index < -0.39 is 0 Å². The number of rotatable bonds is 3. The smallest absolute Gasteiger partial charge is 0.160 e. The fourth-order valence-electron chi connectivity index (χ4n) is 3.84. The Morgan fingerprint density at radius 1 is 1.18 bits per heavy atom. The summed E-state index contributed by atoms with van der Waals surface area (Å²) >= 11 is 0. The van der Waals surface area contributed by atoms with E-state index in [0.29, 0.717) is 12.0 Å². The molecule has 2 aliphatic heterocycles. The molecule has 118 valence electrons. The van der Waals surface area contributed by atoms with Gasteiger partial charge in [0, 0.05) is 31.2 Å². The lowest BCUT2D eigenvalue weighted by Crippen LogP contribution is -2.38. The van der Waals surface area contributed by atoms with E-state index in [9.17, 15) is 0 Å². The highest BCUT2D eigenvalue weighted by atomic mass is 15.2. The summed E-state index contributed by atoms with van der Waals surface area (Å²) in [6.07, 6.45) is 8.25. The molecule has 5 heteroatoms. The first-order chi connectivity index (χ1) is 10.9. The highest BCUT2D eigenvalue weighted by Gasteiger charge is 2.24. The zero-order valence-electron chi connectivity index (χ0n) is 13.1. The van der Waals surface area contributed by atoms with Gasteiger partial charge in [-0.2, -0.15) is 0 Å². The number of fused-ring (bicyclic) bond motifs is 1. The van der Waals surface area contributed by atoms with Crippen LogP contribution < -0.4 is 10.6 Å². The maximum atomic E-state index is 4.93. The highest BCUT2D eigenvalue weighted by molar-refractivity contribution is 5.71. The van der Waals surface area contributed by atoms with Crippen molar-refractivity contribution in [2.75, 3.05) is 19.6 Å². The van der Waals surface area contributed by atoms with Crippen molar-refractivity contribution in [3.05, 3.63) is 24.2 Å². The molecule has 2 atom stereocenters. The molecule has 5 nitrogen and oxygen atoms in total. The van der Waals surface area contributed by atoms with Crippen LogP contribution >= 0.6 is 0 Å². The predicted octanol–water partition coefficient (Wildman–Crippen LogP) is 2.04. The number of imidazole rings is 1. The molecule has 4 rings (SSSR count). The molecule has 0 aromatic carbocycles. The SMILES string of the molecule is c1cnc2c(c1)nc(C1CCCNC1)n2CC1CCCCN1. The fourth-order valence-corrected chi connectivity index (χ4v) is 3.84. The minimum atomic E-state index is 0.520. The maximum absolute atomic E-state index is 4.93. The number of piperidine rings is 2. The third kappa shape index (κ3) is 2.75. The van der Waals surface area contributed by atoms with E-state index in [-0.39, 0.29) is 0 Å². The van der Waals surface area contributed by atoms with Crippen molar-refractivity contribution < 1.29 is 0 Å². The summed E-state index contributed by atoms with van der Waals surface area (Å²) in [5.41, 5.74) is 2.09. The lowest BCUT2D eigenvalue weighted by Gasteiger charge is -2.27. The maximum Gasteiger partial charge on any atom is 0.160 e. The van der Waals surface area contributed by atoms with Crippen LogP contribution in [0.1, 0.15) is 43.8 Å². The van der Waals surface area contributed by atoms with Crippen molar-refractivity contribution in [3.8, 4) is 0 Å². The Bertz CT molecular complexity index is 623. The number of aromatic nitrogens is 3. The summed E-state index contributed by atoms with van der Waals surface area (Å²) in [5.74, 6) is 1.75. The molecular formula is C17H25N5. The van der Waals surface area contributed by atoms with Gasteiger partial charge in [0.1, 0.15) is 11.3 Å². The topological polar surface area (TPSA) is 54.8 Å². The standard InChI is InChI=1S/C17H25N5/c1-2-9-19-14(6-1)12-22-16(13-5-3-8-18-11-13)21-15-7-4-10-20-17(15)22/h4,7,10,13-14,18-19H,1-3,5-6,8-9,11-12H2. The predicted molar refractivity (Wildman–Crippen MR) is 88.0 cm³/mol. The van der Waals surface area contributed by atoms with Crippen molar-refractivity contribution in [1.82, 2.24) is 25.2 Å². The molecule has 0 aliphatic carbocycles. The van der Waals surface area contributed by atoms with Crippen LogP contribution in [-0.2, 0) is 6.54 Å². The number of hydrogen-bond donors (Lipinski definition) is 2. The van der Waals surface area contributed by atoms with Gasteiger partial charge in [-0.3, -0.25) is 0 Å². The molecule has 0 bridgehead atoms. The number of nitrogens with one attached hydrogen (secondary N) is 2. The monoisotopic (exact) mass is 299 g/mol. The Labute approximate surface area is 131 Å². The van der Waals surface area contributed by atoms with Crippen LogP contribution in [0.25, 0.3) is 11.2 Å². The average molecular weight is 299 g/mol. The molecular weight excluding hydrogens is 274 g/mol. The van der Waals surface area contributed by atoms with E-state index in [2.05, 4.69) is 26.3 Å². The zero-order chi connectivity index (χ0) is 14.8. The Hall–Kier alpha value is -1.46. The molecule has 4 heterocycles. The molecule has 0 radical (unpaired) electrons. The molecule has 2 saturated heterocycles. The van der Waals surface area contributed by atoms with Gasteiger partial charge in [-0.15, -0.1) is 0 Å². The Kier molecular flexibility index (Phi) is 4.08. The first-order valence-corrected chi connectivity index (χ1v) is 8.67. The van der Waals surface area contributed by atoms with E-state index in [1.807, 2.05) is 12.3 Å². The summed E-state index contributed by atoms with van der Waals surface area (Å²) in [6, 6.07) is 4.64. The Morgan fingerprint density at radius 2 is 2.18 bits per heavy atom. The fraction of sp³-hybridized carbons (Fsp3) is 0.647. The van der Waals surface area contributed by atoms with Crippen molar-refractivity contribution in [1.29, 1.82) is 0 Å². The van der Waals surface area contributed by atoms with Crippen LogP contribution in [0.3, 0.4) is 0 Å². The summed E-state index contributed by atoms with van der Waals surface area (Å²) in [6.45, 7) is 4.32. The first kappa shape index (κ1) is 14.2. The van der Waals surface area contributed by atoms with Crippen molar-refractivity contribution in [2.24, 2.45) is 0 Å². The van der Waals surface area contributed by atoms with Crippen LogP contribution in [0.4, 0.5) is 0 Å². The second-order valence-corrected chi connectivity index (χ2v) is 6.62. The van der Waals surface area contributed by atoms with Crippen LogP contribution in [-0.4, -0.2) is 40.2 Å². The van der Waals surface area contributed by atoms with Crippen molar-refractivity contribution >= 4 is 11.2 Å². The van der Waals surface area contributed by atoms with E-state index in [1.165, 1.54) is 37.9 Å².